The summed E-state index contributed by atoms with van der Waals surface area (Å²) in [5.41, 5.74) is 9.79. The topological polar surface area (TPSA) is 55.1 Å². The third-order valence-corrected chi connectivity index (χ3v) is 4.77. The van der Waals surface area contributed by atoms with Gasteiger partial charge in [0.05, 0.1) is 12.5 Å². The Morgan fingerprint density at radius 3 is 2.83 bits per heavy atom. The van der Waals surface area contributed by atoms with Gasteiger partial charge in [-0.2, -0.15) is 0 Å². The van der Waals surface area contributed by atoms with Crippen LogP contribution in [0.5, 0.6) is 0 Å². The quantitative estimate of drug-likeness (QED) is 0.812. The van der Waals surface area contributed by atoms with Gasteiger partial charge < -0.3 is 11.1 Å². The summed E-state index contributed by atoms with van der Waals surface area (Å²) in [6.45, 7) is 0. The van der Waals surface area contributed by atoms with E-state index in [1.807, 2.05) is 18.2 Å². The summed E-state index contributed by atoms with van der Waals surface area (Å²) in [5.74, 6) is -0.0381. The zero-order valence-corrected chi connectivity index (χ0v) is 14.1. The Kier molecular flexibility index (Phi) is 4.79. The summed E-state index contributed by atoms with van der Waals surface area (Å²) >= 11 is 12.0. The van der Waals surface area contributed by atoms with Crippen molar-refractivity contribution in [2.75, 3.05) is 5.73 Å². The molecular formula is C18H18Cl2N2O. The van der Waals surface area contributed by atoms with E-state index in [1.165, 1.54) is 11.1 Å². The van der Waals surface area contributed by atoms with Gasteiger partial charge in [-0.3, -0.25) is 4.79 Å². The number of nitrogens with two attached hydrogens (primary N) is 1. The number of amides is 1. The van der Waals surface area contributed by atoms with Crippen LogP contribution in [-0.4, -0.2) is 5.91 Å². The number of carbonyl (C=O) groups is 1. The molecule has 1 aliphatic carbocycles. The number of halogens is 2. The lowest BCUT2D eigenvalue weighted by molar-refractivity contribution is -0.121. The van der Waals surface area contributed by atoms with E-state index in [9.17, 15) is 4.79 Å². The number of benzene rings is 2. The number of aryl methyl sites for hydroxylation is 1. The van der Waals surface area contributed by atoms with Crippen molar-refractivity contribution in [3.63, 3.8) is 0 Å². The third kappa shape index (κ3) is 3.80. The molecule has 0 radical (unpaired) electrons. The second kappa shape index (κ2) is 6.81. The summed E-state index contributed by atoms with van der Waals surface area (Å²) in [6, 6.07) is 11.1. The van der Waals surface area contributed by atoms with Crippen LogP contribution in [-0.2, 0) is 17.6 Å². The molecule has 0 saturated carbocycles. The van der Waals surface area contributed by atoms with Crippen LogP contribution in [0.25, 0.3) is 0 Å². The second-order valence-electron chi connectivity index (χ2n) is 5.88. The molecule has 0 fully saturated rings. The summed E-state index contributed by atoms with van der Waals surface area (Å²) in [6.07, 6.45) is 3.24. The van der Waals surface area contributed by atoms with E-state index in [0.717, 1.165) is 30.5 Å². The molecule has 0 spiro atoms. The first-order valence-electron chi connectivity index (χ1n) is 7.64. The predicted molar refractivity (Wildman–Crippen MR) is 94.8 cm³/mol. The van der Waals surface area contributed by atoms with Crippen LogP contribution in [0.2, 0.25) is 10.0 Å². The van der Waals surface area contributed by atoms with Crippen LogP contribution >= 0.6 is 23.2 Å². The van der Waals surface area contributed by atoms with Crippen LogP contribution in [0.3, 0.4) is 0 Å². The molecular weight excluding hydrogens is 331 g/mol. The second-order valence-corrected chi connectivity index (χ2v) is 6.73. The normalized spacial score (nSPS) is 16.7. The molecule has 3 nitrogen and oxygen atoms in total. The first-order valence-corrected chi connectivity index (χ1v) is 8.40. The van der Waals surface area contributed by atoms with E-state index in [2.05, 4.69) is 5.32 Å². The Morgan fingerprint density at radius 1 is 1.22 bits per heavy atom. The molecule has 1 unspecified atom stereocenters. The van der Waals surface area contributed by atoms with Gasteiger partial charge in [0.1, 0.15) is 0 Å². The maximum atomic E-state index is 12.4. The molecule has 1 amide bonds. The summed E-state index contributed by atoms with van der Waals surface area (Å²) in [5, 5.41) is 4.20. The number of nitrogens with one attached hydrogen (secondary N) is 1. The molecule has 2 aromatic carbocycles. The van der Waals surface area contributed by atoms with Crippen molar-refractivity contribution in [1.82, 2.24) is 5.32 Å². The fraction of sp³-hybridized carbons (Fsp3) is 0.278. The molecule has 3 N–H and O–H groups in total. The highest BCUT2D eigenvalue weighted by Crippen LogP contribution is 2.31. The van der Waals surface area contributed by atoms with Gasteiger partial charge in [-0.15, -0.1) is 0 Å². The highest BCUT2D eigenvalue weighted by atomic mass is 35.5. The van der Waals surface area contributed by atoms with Crippen molar-refractivity contribution >= 4 is 34.8 Å². The Labute approximate surface area is 145 Å². The van der Waals surface area contributed by atoms with Crippen molar-refractivity contribution < 1.29 is 4.79 Å². The van der Waals surface area contributed by atoms with Gasteiger partial charge in [0, 0.05) is 15.7 Å². The Bertz CT molecular complexity index is 746. The molecule has 0 aromatic heterocycles. The molecule has 5 heteroatoms. The van der Waals surface area contributed by atoms with Crippen molar-refractivity contribution in [3.05, 3.63) is 63.1 Å². The molecule has 2 aromatic rings. The zero-order chi connectivity index (χ0) is 16.4. The lowest BCUT2D eigenvalue weighted by atomic mass is 9.87. The average Bonchev–Trinajstić information content (AvgIpc) is 2.50. The molecule has 0 heterocycles. The lowest BCUT2D eigenvalue weighted by Crippen LogP contribution is -2.32. The van der Waals surface area contributed by atoms with Crippen molar-refractivity contribution in [3.8, 4) is 0 Å². The number of hydrogen-bond acceptors (Lipinski definition) is 2. The van der Waals surface area contributed by atoms with Gasteiger partial charge in [0.2, 0.25) is 5.91 Å². The summed E-state index contributed by atoms with van der Waals surface area (Å²) in [7, 11) is 0. The summed E-state index contributed by atoms with van der Waals surface area (Å²) < 4.78 is 0. The van der Waals surface area contributed by atoms with Crippen LogP contribution in [0, 0.1) is 0 Å². The van der Waals surface area contributed by atoms with Gasteiger partial charge in [-0.05, 0) is 60.2 Å². The molecule has 23 heavy (non-hydrogen) atoms. The van der Waals surface area contributed by atoms with Crippen LogP contribution in [0.1, 0.15) is 35.6 Å². The smallest absolute Gasteiger partial charge is 0.224 e. The van der Waals surface area contributed by atoms with Crippen LogP contribution in [0.4, 0.5) is 5.69 Å². The van der Waals surface area contributed by atoms with E-state index < -0.39 is 0 Å². The number of carbonyl (C=O) groups excluding carboxylic acids is 1. The Hall–Kier alpha value is -1.71. The number of rotatable bonds is 3. The SMILES string of the molecule is Nc1ccc2c(c1)CCCC2NC(=O)Cc1ccc(Cl)cc1Cl. The first-order chi connectivity index (χ1) is 11.0. The fourth-order valence-electron chi connectivity index (χ4n) is 3.07. The van der Waals surface area contributed by atoms with Crippen LogP contribution in [0.15, 0.2) is 36.4 Å². The molecule has 120 valence electrons. The number of fused-ring (bicyclic) bond motifs is 1. The van der Waals surface area contributed by atoms with E-state index in [-0.39, 0.29) is 18.4 Å². The predicted octanol–water partition coefficient (Wildman–Crippen LogP) is 4.31. The maximum Gasteiger partial charge on any atom is 0.224 e. The Morgan fingerprint density at radius 2 is 2.04 bits per heavy atom. The van der Waals surface area contributed by atoms with Gasteiger partial charge in [-0.1, -0.05) is 35.3 Å². The van der Waals surface area contributed by atoms with E-state index in [4.69, 9.17) is 28.9 Å². The van der Waals surface area contributed by atoms with Gasteiger partial charge in [0.25, 0.3) is 0 Å². The largest absolute Gasteiger partial charge is 0.399 e. The monoisotopic (exact) mass is 348 g/mol. The third-order valence-electron chi connectivity index (χ3n) is 4.18. The highest BCUT2D eigenvalue weighted by Gasteiger charge is 2.22. The van der Waals surface area contributed by atoms with E-state index in [0.29, 0.717) is 10.0 Å². The number of anilines is 1. The molecule has 1 aliphatic rings. The van der Waals surface area contributed by atoms with Gasteiger partial charge in [-0.25, -0.2) is 0 Å². The number of nitrogen functional groups attached to an aromatic ring is 1. The number of hydrogen-bond donors (Lipinski definition) is 2. The lowest BCUT2D eigenvalue weighted by Gasteiger charge is -2.26. The fourth-order valence-corrected chi connectivity index (χ4v) is 3.54. The Balaban J connectivity index is 1.72. The summed E-state index contributed by atoms with van der Waals surface area (Å²) in [4.78, 5) is 12.4. The molecule has 3 rings (SSSR count). The molecule has 0 aliphatic heterocycles. The first kappa shape index (κ1) is 16.2. The van der Waals surface area contributed by atoms with E-state index >= 15 is 0 Å². The molecule has 1 atom stereocenters. The van der Waals surface area contributed by atoms with Crippen molar-refractivity contribution in [1.29, 1.82) is 0 Å². The van der Waals surface area contributed by atoms with Gasteiger partial charge in [0.15, 0.2) is 0 Å². The van der Waals surface area contributed by atoms with Crippen molar-refractivity contribution in [2.45, 2.75) is 31.7 Å². The molecule has 0 saturated heterocycles. The minimum Gasteiger partial charge on any atom is -0.399 e. The maximum absolute atomic E-state index is 12.4. The molecule has 0 bridgehead atoms. The van der Waals surface area contributed by atoms with E-state index in [1.54, 1.807) is 18.2 Å². The zero-order valence-electron chi connectivity index (χ0n) is 12.6. The van der Waals surface area contributed by atoms with Crippen molar-refractivity contribution in [2.24, 2.45) is 0 Å². The minimum atomic E-state index is -0.0381. The highest BCUT2D eigenvalue weighted by molar-refractivity contribution is 6.35. The average molecular weight is 349 g/mol. The van der Waals surface area contributed by atoms with Crippen LogP contribution < -0.4 is 11.1 Å². The van der Waals surface area contributed by atoms with Gasteiger partial charge >= 0.3 is 0 Å². The standard InChI is InChI=1S/C18H18Cl2N2O/c19-13-5-4-12(16(20)10-13)9-18(23)22-17-3-1-2-11-8-14(21)6-7-15(11)17/h4-8,10,17H,1-3,9,21H2,(H,22,23). The minimum absolute atomic E-state index is 0.0381.